The Labute approximate surface area is 93.2 Å². The van der Waals surface area contributed by atoms with Gasteiger partial charge in [-0.05, 0) is 13.0 Å². The van der Waals surface area contributed by atoms with E-state index in [1.807, 2.05) is 0 Å². The fraction of sp³-hybridized carbons (Fsp3) is 0.800. The molecule has 2 saturated heterocycles. The molecule has 2 heterocycles. The molecule has 2 aliphatic rings. The monoisotopic (exact) mass is 228 g/mol. The summed E-state index contributed by atoms with van der Waals surface area (Å²) in [6.07, 6.45) is 0.179. The van der Waals surface area contributed by atoms with Crippen molar-refractivity contribution in [1.29, 1.82) is 0 Å². The summed E-state index contributed by atoms with van der Waals surface area (Å²) in [4.78, 5) is 24.3. The third-order valence-corrected chi connectivity index (χ3v) is 3.26. The smallest absolute Gasteiger partial charge is 0.326 e. The van der Waals surface area contributed by atoms with Gasteiger partial charge in [0.1, 0.15) is 6.04 Å². The lowest BCUT2D eigenvalue weighted by Gasteiger charge is -2.24. The molecule has 90 valence electrons. The summed E-state index contributed by atoms with van der Waals surface area (Å²) in [7, 11) is 0. The zero-order valence-corrected chi connectivity index (χ0v) is 8.93. The number of β-amino-alcohol motifs (C(OH)–C–C–N with tert-alkyl or cyclic N) is 1. The molecule has 0 saturated carbocycles. The second-order valence-corrected chi connectivity index (χ2v) is 4.42. The summed E-state index contributed by atoms with van der Waals surface area (Å²) in [5.41, 5.74) is 0. The first-order valence-electron chi connectivity index (χ1n) is 5.51. The van der Waals surface area contributed by atoms with E-state index in [0.717, 1.165) is 13.0 Å². The molecule has 2 aliphatic heterocycles. The van der Waals surface area contributed by atoms with Crippen LogP contribution in [0.25, 0.3) is 0 Å². The summed E-state index contributed by atoms with van der Waals surface area (Å²) in [6.45, 7) is 1.55. The minimum Gasteiger partial charge on any atom is -0.480 e. The highest BCUT2D eigenvalue weighted by molar-refractivity contribution is 5.86. The number of likely N-dealkylation sites (tertiary alicyclic amines) is 1. The number of hydrogen-bond donors (Lipinski definition) is 3. The number of carboxylic acid groups (broad SMARTS) is 1. The first-order chi connectivity index (χ1) is 7.59. The van der Waals surface area contributed by atoms with E-state index in [4.69, 9.17) is 5.11 Å². The van der Waals surface area contributed by atoms with Gasteiger partial charge in [-0.15, -0.1) is 0 Å². The third-order valence-electron chi connectivity index (χ3n) is 3.26. The van der Waals surface area contributed by atoms with Crippen molar-refractivity contribution >= 4 is 11.9 Å². The van der Waals surface area contributed by atoms with Crippen LogP contribution in [0.2, 0.25) is 0 Å². The van der Waals surface area contributed by atoms with Gasteiger partial charge in [0, 0.05) is 19.5 Å². The molecular weight excluding hydrogens is 212 g/mol. The highest BCUT2D eigenvalue weighted by atomic mass is 16.4. The average Bonchev–Trinajstić information content (AvgIpc) is 2.84. The maximum atomic E-state index is 12.0. The number of nitrogens with zero attached hydrogens (tertiary/aromatic N) is 1. The highest BCUT2D eigenvalue weighted by Gasteiger charge is 2.41. The molecule has 6 nitrogen and oxygen atoms in total. The Morgan fingerprint density at radius 3 is 2.69 bits per heavy atom. The van der Waals surface area contributed by atoms with Crippen LogP contribution in [0.4, 0.5) is 0 Å². The van der Waals surface area contributed by atoms with Gasteiger partial charge in [0.05, 0.1) is 12.0 Å². The second-order valence-electron chi connectivity index (χ2n) is 4.42. The van der Waals surface area contributed by atoms with E-state index in [2.05, 4.69) is 5.32 Å². The molecule has 0 aromatic carbocycles. The van der Waals surface area contributed by atoms with Crippen molar-refractivity contribution in [3.05, 3.63) is 0 Å². The normalized spacial score (nSPS) is 34.3. The quantitative estimate of drug-likeness (QED) is 0.543. The van der Waals surface area contributed by atoms with Crippen LogP contribution in [-0.4, -0.2) is 58.8 Å². The summed E-state index contributed by atoms with van der Waals surface area (Å²) in [5.74, 6) is -1.31. The largest absolute Gasteiger partial charge is 0.480 e. The standard InChI is InChI=1S/C10H16N2O4/c13-7-3-8(10(15)16)12(5-7)9(14)6-1-2-11-4-6/h6-8,11,13H,1-5H2,(H,15,16)/t6?,7?,8-/m0/s1. The molecule has 3 atom stereocenters. The molecule has 2 unspecified atom stereocenters. The molecule has 1 amide bonds. The van der Waals surface area contributed by atoms with Crippen LogP contribution in [0.5, 0.6) is 0 Å². The van der Waals surface area contributed by atoms with Crippen molar-refractivity contribution in [3.63, 3.8) is 0 Å². The first-order valence-corrected chi connectivity index (χ1v) is 5.51. The molecule has 2 rings (SSSR count). The highest BCUT2D eigenvalue weighted by Crippen LogP contribution is 2.22. The van der Waals surface area contributed by atoms with E-state index in [9.17, 15) is 14.7 Å². The SMILES string of the molecule is O=C(O)[C@@H]1CC(O)CN1C(=O)C1CCNC1. The van der Waals surface area contributed by atoms with Gasteiger partial charge in [0.25, 0.3) is 0 Å². The molecule has 3 N–H and O–H groups in total. The van der Waals surface area contributed by atoms with E-state index in [1.54, 1.807) is 0 Å². The molecule has 0 bridgehead atoms. The van der Waals surface area contributed by atoms with Crippen LogP contribution in [0.3, 0.4) is 0 Å². The average molecular weight is 228 g/mol. The lowest BCUT2D eigenvalue weighted by atomic mass is 10.1. The van der Waals surface area contributed by atoms with E-state index in [-0.39, 0.29) is 24.8 Å². The number of aliphatic hydroxyl groups is 1. The minimum absolute atomic E-state index is 0.132. The van der Waals surface area contributed by atoms with Crippen LogP contribution in [-0.2, 0) is 9.59 Å². The summed E-state index contributed by atoms with van der Waals surface area (Å²) >= 11 is 0. The third kappa shape index (κ3) is 2.03. The fourth-order valence-electron chi connectivity index (χ4n) is 2.39. The van der Waals surface area contributed by atoms with Gasteiger partial charge >= 0.3 is 5.97 Å². The van der Waals surface area contributed by atoms with Gasteiger partial charge in [0.2, 0.25) is 5.91 Å². The number of rotatable bonds is 2. The van der Waals surface area contributed by atoms with Crippen molar-refractivity contribution in [1.82, 2.24) is 10.2 Å². The Morgan fingerprint density at radius 1 is 1.38 bits per heavy atom. The van der Waals surface area contributed by atoms with Crippen molar-refractivity contribution < 1.29 is 19.8 Å². The van der Waals surface area contributed by atoms with Crippen LogP contribution in [0, 0.1) is 5.92 Å². The van der Waals surface area contributed by atoms with E-state index in [0.29, 0.717) is 6.54 Å². The topological polar surface area (TPSA) is 89.9 Å². The molecule has 0 radical (unpaired) electrons. The number of nitrogens with one attached hydrogen (secondary N) is 1. The fourth-order valence-corrected chi connectivity index (χ4v) is 2.39. The molecular formula is C10H16N2O4. The molecule has 0 aromatic heterocycles. The lowest BCUT2D eigenvalue weighted by molar-refractivity contribution is -0.149. The van der Waals surface area contributed by atoms with Crippen molar-refractivity contribution in [2.24, 2.45) is 5.92 Å². The maximum Gasteiger partial charge on any atom is 0.326 e. The zero-order valence-electron chi connectivity index (χ0n) is 8.93. The minimum atomic E-state index is -1.03. The number of carboxylic acids is 1. The molecule has 0 spiro atoms. The Balaban J connectivity index is 2.06. The zero-order chi connectivity index (χ0) is 11.7. The van der Waals surface area contributed by atoms with Crippen LogP contribution in [0.15, 0.2) is 0 Å². The Hall–Kier alpha value is -1.14. The van der Waals surface area contributed by atoms with Crippen molar-refractivity contribution in [3.8, 4) is 0 Å². The number of aliphatic carboxylic acids is 1. The van der Waals surface area contributed by atoms with Gasteiger partial charge in [-0.2, -0.15) is 0 Å². The molecule has 2 fully saturated rings. The lowest BCUT2D eigenvalue weighted by Crippen LogP contribution is -2.44. The summed E-state index contributed by atoms with van der Waals surface area (Å²) in [5, 5.41) is 21.5. The van der Waals surface area contributed by atoms with Gasteiger partial charge in [-0.1, -0.05) is 0 Å². The van der Waals surface area contributed by atoms with Gasteiger partial charge in [-0.25, -0.2) is 4.79 Å². The number of amides is 1. The predicted octanol–water partition coefficient (Wildman–Crippen LogP) is -1.36. The molecule has 16 heavy (non-hydrogen) atoms. The number of carbonyl (C=O) groups is 2. The van der Waals surface area contributed by atoms with E-state index < -0.39 is 18.1 Å². The van der Waals surface area contributed by atoms with Gasteiger partial charge < -0.3 is 20.4 Å². The number of carbonyl (C=O) groups excluding carboxylic acids is 1. The maximum absolute atomic E-state index is 12.0. The van der Waals surface area contributed by atoms with Crippen molar-refractivity contribution in [2.75, 3.05) is 19.6 Å². The summed E-state index contributed by atoms with van der Waals surface area (Å²) < 4.78 is 0. The van der Waals surface area contributed by atoms with E-state index in [1.165, 1.54) is 4.90 Å². The number of aliphatic hydroxyl groups excluding tert-OH is 1. The first kappa shape index (κ1) is 11.3. The molecule has 0 aromatic rings. The van der Waals surface area contributed by atoms with Crippen LogP contribution in [0.1, 0.15) is 12.8 Å². The number of hydrogen-bond acceptors (Lipinski definition) is 4. The van der Waals surface area contributed by atoms with Gasteiger partial charge in [0.15, 0.2) is 0 Å². The Morgan fingerprint density at radius 2 is 2.12 bits per heavy atom. The van der Waals surface area contributed by atoms with Crippen LogP contribution < -0.4 is 5.32 Å². The molecule has 6 heteroatoms. The van der Waals surface area contributed by atoms with Crippen molar-refractivity contribution in [2.45, 2.75) is 25.0 Å². The molecule has 0 aliphatic carbocycles. The predicted molar refractivity (Wildman–Crippen MR) is 54.7 cm³/mol. The summed E-state index contributed by atoms with van der Waals surface area (Å²) in [6, 6.07) is -0.858. The van der Waals surface area contributed by atoms with Gasteiger partial charge in [-0.3, -0.25) is 4.79 Å². The van der Waals surface area contributed by atoms with Crippen LogP contribution >= 0.6 is 0 Å². The van der Waals surface area contributed by atoms with E-state index >= 15 is 0 Å². The Kier molecular flexibility index (Phi) is 3.11. The second kappa shape index (κ2) is 4.39. The Bertz CT molecular complexity index is 301.